The predicted octanol–water partition coefficient (Wildman–Crippen LogP) is 2.54. The van der Waals surface area contributed by atoms with E-state index in [9.17, 15) is 4.39 Å². The molecule has 0 aliphatic heterocycles. The fourth-order valence-electron chi connectivity index (χ4n) is 1.60. The van der Waals surface area contributed by atoms with E-state index in [1.165, 1.54) is 12.1 Å². The molecule has 0 amide bonds. The molecular weight excluding hydrogens is 285 g/mol. The Morgan fingerprint density at radius 1 is 1.29 bits per heavy atom. The molecule has 0 spiro atoms. The summed E-state index contributed by atoms with van der Waals surface area (Å²) in [5, 5.41) is 0. The van der Waals surface area contributed by atoms with Crippen LogP contribution in [0.5, 0.6) is 0 Å². The van der Waals surface area contributed by atoms with Gasteiger partial charge in [-0.3, -0.25) is 10.8 Å². The number of halogens is 2. The van der Waals surface area contributed by atoms with Gasteiger partial charge < -0.3 is 0 Å². The second kappa shape index (κ2) is 5.35. The Morgan fingerprint density at radius 3 is 2.71 bits per heavy atom. The molecule has 88 valence electrons. The average molecular weight is 296 g/mol. The van der Waals surface area contributed by atoms with E-state index in [-0.39, 0.29) is 11.9 Å². The Bertz CT molecular complexity index is 501. The number of nitrogens with two attached hydrogens (primary N) is 1. The molecule has 0 saturated heterocycles. The molecule has 1 aromatic heterocycles. The van der Waals surface area contributed by atoms with Crippen LogP contribution in [0.3, 0.4) is 0 Å². The number of benzene rings is 1. The van der Waals surface area contributed by atoms with Crippen LogP contribution in [-0.2, 0) is 0 Å². The summed E-state index contributed by atoms with van der Waals surface area (Å²) < 4.78 is 14.0. The van der Waals surface area contributed by atoms with Crippen LogP contribution in [-0.4, -0.2) is 4.98 Å². The zero-order valence-electron chi connectivity index (χ0n) is 8.90. The van der Waals surface area contributed by atoms with Crippen LogP contribution in [0.15, 0.2) is 47.1 Å². The van der Waals surface area contributed by atoms with Crippen molar-refractivity contribution in [1.29, 1.82) is 0 Å². The molecule has 1 aromatic carbocycles. The van der Waals surface area contributed by atoms with Gasteiger partial charge in [0.1, 0.15) is 5.82 Å². The second-order valence-electron chi connectivity index (χ2n) is 3.56. The minimum Gasteiger partial charge on any atom is -0.271 e. The molecule has 2 aromatic rings. The van der Waals surface area contributed by atoms with Gasteiger partial charge in [0.05, 0.1) is 11.7 Å². The van der Waals surface area contributed by atoms with Crippen molar-refractivity contribution in [2.75, 3.05) is 0 Å². The minimum absolute atomic E-state index is 0.292. The van der Waals surface area contributed by atoms with E-state index in [4.69, 9.17) is 5.84 Å². The van der Waals surface area contributed by atoms with Crippen molar-refractivity contribution in [2.24, 2.45) is 5.84 Å². The van der Waals surface area contributed by atoms with Crippen LogP contribution < -0.4 is 11.3 Å². The van der Waals surface area contributed by atoms with Crippen LogP contribution in [0.2, 0.25) is 0 Å². The van der Waals surface area contributed by atoms with Crippen molar-refractivity contribution in [2.45, 2.75) is 6.04 Å². The fraction of sp³-hybridized carbons (Fsp3) is 0.0833. The average Bonchev–Trinajstić information content (AvgIpc) is 2.33. The summed E-state index contributed by atoms with van der Waals surface area (Å²) in [5.41, 5.74) is 4.11. The lowest BCUT2D eigenvalue weighted by atomic mass is 10.0. The van der Waals surface area contributed by atoms with Crippen molar-refractivity contribution in [3.05, 3.63) is 64.1 Å². The number of hydrogen-bond donors (Lipinski definition) is 2. The molecular formula is C12H11BrFN3. The third-order valence-corrected chi connectivity index (χ3v) is 2.86. The number of pyridine rings is 1. The van der Waals surface area contributed by atoms with E-state index in [1.54, 1.807) is 18.3 Å². The van der Waals surface area contributed by atoms with E-state index in [0.29, 0.717) is 0 Å². The molecule has 1 atom stereocenters. The number of rotatable bonds is 3. The number of nitrogens with zero attached hydrogens (tertiary/aromatic N) is 1. The maximum atomic E-state index is 13.1. The van der Waals surface area contributed by atoms with Gasteiger partial charge in [-0.1, -0.05) is 12.1 Å². The summed E-state index contributed by atoms with van der Waals surface area (Å²) in [4.78, 5) is 4.24. The molecule has 2 rings (SSSR count). The third-order valence-electron chi connectivity index (χ3n) is 2.39. The summed E-state index contributed by atoms with van der Waals surface area (Å²) in [6, 6.07) is 9.66. The van der Waals surface area contributed by atoms with Crippen LogP contribution >= 0.6 is 15.9 Å². The van der Waals surface area contributed by atoms with Gasteiger partial charge in [0.25, 0.3) is 0 Å². The molecule has 3 N–H and O–H groups in total. The normalized spacial score (nSPS) is 12.4. The Balaban J connectivity index is 2.36. The maximum absolute atomic E-state index is 13.1. The summed E-state index contributed by atoms with van der Waals surface area (Å²) in [6.07, 6.45) is 1.68. The number of nitrogens with one attached hydrogen (secondary N) is 1. The first-order valence-corrected chi connectivity index (χ1v) is 5.83. The number of hydrazine groups is 1. The van der Waals surface area contributed by atoms with Crippen molar-refractivity contribution < 1.29 is 4.39 Å². The van der Waals surface area contributed by atoms with E-state index >= 15 is 0 Å². The first-order chi connectivity index (χ1) is 8.20. The van der Waals surface area contributed by atoms with E-state index in [2.05, 4.69) is 26.3 Å². The van der Waals surface area contributed by atoms with Gasteiger partial charge >= 0.3 is 0 Å². The molecule has 0 fully saturated rings. The van der Waals surface area contributed by atoms with Crippen LogP contribution in [0.25, 0.3) is 0 Å². The highest BCUT2D eigenvalue weighted by molar-refractivity contribution is 9.10. The second-order valence-corrected chi connectivity index (χ2v) is 4.47. The first kappa shape index (κ1) is 12.2. The Morgan fingerprint density at radius 2 is 2.12 bits per heavy atom. The highest BCUT2D eigenvalue weighted by Crippen LogP contribution is 2.21. The largest absolute Gasteiger partial charge is 0.271 e. The number of aromatic nitrogens is 1. The first-order valence-electron chi connectivity index (χ1n) is 5.04. The molecule has 0 bridgehead atoms. The highest BCUT2D eigenvalue weighted by atomic mass is 79.9. The zero-order valence-corrected chi connectivity index (χ0v) is 10.5. The molecule has 0 saturated carbocycles. The molecule has 5 heteroatoms. The van der Waals surface area contributed by atoms with Gasteiger partial charge in [-0.15, -0.1) is 0 Å². The Labute approximate surface area is 107 Å². The van der Waals surface area contributed by atoms with Crippen molar-refractivity contribution in [3.63, 3.8) is 0 Å². The molecule has 0 radical (unpaired) electrons. The summed E-state index contributed by atoms with van der Waals surface area (Å²) in [7, 11) is 0. The lowest BCUT2D eigenvalue weighted by Crippen LogP contribution is -2.29. The van der Waals surface area contributed by atoms with Crippen LogP contribution in [0.1, 0.15) is 17.3 Å². The van der Waals surface area contributed by atoms with Gasteiger partial charge in [0.15, 0.2) is 0 Å². The zero-order chi connectivity index (χ0) is 12.3. The summed E-state index contributed by atoms with van der Waals surface area (Å²) in [6.45, 7) is 0. The standard InChI is InChI=1S/C12H11BrFN3/c13-9-4-5-11(16-7-9)12(17-15)8-2-1-3-10(14)6-8/h1-7,12,17H,15H2. The van der Waals surface area contributed by atoms with Gasteiger partial charge in [0.2, 0.25) is 0 Å². The molecule has 1 unspecified atom stereocenters. The summed E-state index contributed by atoms with van der Waals surface area (Å²) in [5.74, 6) is 5.21. The Kier molecular flexibility index (Phi) is 3.83. The summed E-state index contributed by atoms with van der Waals surface area (Å²) >= 11 is 3.31. The Hall–Kier alpha value is -1.30. The smallest absolute Gasteiger partial charge is 0.123 e. The molecule has 0 aliphatic carbocycles. The van der Waals surface area contributed by atoms with Gasteiger partial charge in [-0.2, -0.15) is 0 Å². The topological polar surface area (TPSA) is 50.9 Å². The van der Waals surface area contributed by atoms with Gasteiger partial charge in [-0.25, -0.2) is 9.82 Å². The quantitative estimate of drug-likeness (QED) is 0.676. The van der Waals surface area contributed by atoms with Crippen LogP contribution in [0.4, 0.5) is 4.39 Å². The fourth-order valence-corrected chi connectivity index (χ4v) is 1.83. The number of hydrogen-bond acceptors (Lipinski definition) is 3. The van der Waals surface area contributed by atoms with E-state index in [0.717, 1.165) is 15.7 Å². The molecule has 1 heterocycles. The minimum atomic E-state index is -0.321. The SMILES string of the molecule is NNC(c1cccc(F)c1)c1ccc(Br)cn1. The highest BCUT2D eigenvalue weighted by Gasteiger charge is 2.13. The predicted molar refractivity (Wildman–Crippen MR) is 67.5 cm³/mol. The van der Waals surface area contributed by atoms with Crippen molar-refractivity contribution >= 4 is 15.9 Å². The maximum Gasteiger partial charge on any atom is 0.123 e. The van der Waals surface area contributed by atoms with Crippen molar-refractivity contribution in [3.8, 4) is 0 Å². The van der Waals surface area contributed by atoms with Gasteiger partial charge in [0, 0.05) is 10.7 Å². The molecule has 17 heavy (non-hydrogen) atoms. The molecule has 3 nitrogen and oxygen atoms in total. The van der Waals surface area contributed by atoms with Crippen molar-refractivity contribution in [1.82, 2.24) is 10.4 Å². The van der Waals surface area contributed by atoms with Gasteiger partial charge in [-0.05, 0) is 45.8 Å². The lowest BCUT2D eigenvalue weighted by molar-refractivity contribution is 0.598. The monoisotopic (exact) mass is 295 g/mol. The third kappa shape index (κ3) is 2.88. The molecule has 0 aliphatic rings. The van der Waals surface area contributed by atoms with E-state index in [1.807, 2.05) is 12.1 Å². The van der Waals surface area contributed by atoms with Crippen LogP contribution in [0, 0.1) is 5.82 Å². The van der Waals surface area contributed by atoms with E-state index < -0.39 is 0 Å². The lowest BCUT2D eigenvalue weighted by Gasteiger charge is -2.15.